The van der Waals surface area contributed by atoms with E-state index in [-0.39, 0.29) is 12.0 Å². The second-order valence-electron chi connectivity index (χ2n) is 6.90. The van der Waals surface area contributed by atoms with Gasteiger partial charge in [-0.1, -0.05) is 11.2 Å². The van der Waals surface area contributed by atoms with Gasteiger partial charge in [-0.2, -0.15) is 0 Å². The highest BCUT2D eigenvalue weighted by Crippen LogP contribution is 2.45. The minimum atomic E-state index is -1.34. The Bertz CT molecular complexity index is 692. The van der Waals surface area contributed by atoms with Crippen LogP contribution in [0.25, 0.3) is 10.4 Å². The smallest absolute Gasteiger partial charge is 0.315 e. The molecule has 25 heavy (non-hydrogen) atoms. The molecule has 7 heteroatoms. The Kier molecular flexibility index (Phi) is 5.04. The first kappa shape index (κ1) is 17.4. The lowest BCUT2D eigenvalue weighted by Crippen LogP contribution is -2.32. The van der Waals surface area contributed by atoms with E-state index in [1.807, 2.05) is 18.2 Å². The highest BCUT2D eigenvalue weighted by atomic mass is 16.5. The number of carboxylic acids is 1. The van der Waals surface area contributed by atoms with Crippen molar-refractivity contribution in [2.75, 3.05) is 7.11 Å². The average Bonchev–Trinajstić information content (AvgIpc) is 3.26. The van der Waals surface area contributed by atoms with E-state index in [4.69, 9.17) is 15.0 Å². The number of aliphatic carboxylic acids is 1. The normalized spacial score (nSPS) is 26.2. The molecule has 0 amide bonds. The van der Waals surface area contributed by atoms with Crippen LogP contribution in [-0.4, -0.2) is 29.8 Å². The van der Waals surface area contributed by atoms with Gasteiger partial charge in [0.15, 0.2) is 11.5 Å². The fourth-order valence-electron chi connectivity index (χ4n) is 3.95. The average molecular weight is 345 g/mol. The van der Waals surface area contributed by atoms with Gasteiger partial charge in [-0.15, -0.1) is 0 Å². The summed E-state index contributed by atoms with van der Waals surface area (Å²) in [4.78, 5) is 14.3. The lowest BCUT2D eigenvalue weighted by molar-refractivity contribution is -0.143. The van der Waals surface area contributed by atoms with Crippen LogP contribution in [0.5, 0.6) is 11.5 Å². The molecule has 0 heterocycles. The Morgan fingerprint density at radius 3 is 2.72 bits per heavy atom. The molecule has 2 unspecified atom stereocenters. The third-order valence-electron chi connectivity index (χ3n) is 5.38. The third kappa shape index (κ3) is 3.51. The summed E-state index contributed by atoms with van der Waals surface area (Å²) in [5, 5.41) is 13.1. The van der Waals surface area contributed by atoms with Crippen LogP contribution in [0.1, 0.15) is 56.4 Å². The van der Waals surface area contributed by atoms with Crippen LogP contribution >= 0.6 is 0 Å². The van der Waals surface area contributed by atoms with Crippen LogP contribution in [0.15, 0.2) is 23.3 Å². The zero-order valence-electron chi connectivity index (χ0n) is 14.4. The summed E-state index contributed by atoms with van der Waals surface area (Å²) in [6, 6.07) is 5.77. The lowest BCUT2D eigenvalue weighted by Gasteiger charge is -2.20. The van der Waals surface area contributed by atoms with Crippen molar-refractivity contribution in [1.29, 1.82) is 0 Å². The molecule has 2 atom stereocenters. The topological polar surface area (TPSA) is 105 Å². The van der Waals surface area contributed by atoms with Gasteiger partial charge in [-0.3, -0.25) is 4.79 Å². The van der Waals surface area contributed by atoms with Gasteiger partial charge in [0.2, 0.25) is 0 Å². The second kappa shape index (κ2) is 7.23. The third-order valence-corrected chi connectivity index (χ3v) is 5.38. The van der Waals surface area contributed by atoms with Gasteiger partial charge in [-0.05, 0) is 74.1 Å². The summed E-state index contributed by atoms with van der Waals surface area (Å²) in [5.41, 5.74) is 8.39. The highest BCUT2D eigenvalue weighted by Gasteiger charge is 2.45. The fourth-order valence-corrected chi connectivity index (χ4v) is 3.95. The Balaban J connectivity index is 1.83. The van der Waals surface area contributed by atoms with Gasteiger partial charge >= 0.3 is 5.97 Å². The predicted octanol–water partition coefficient (Wildman–Crippen LogP) is 4.42. The van der Waals surface area contributed by atoms with Crippen LogP contribution in [0.4, 0.5) is 0 Å². The molecule has 0 saturated heterocycles. The predicted molar refractivity (Wildman–Crippen MR) is 92.0 cm³/mol. The summed E-state index contributed by atoms with van der Waals surface area (Å²) >= 11 is 0. The van der Waals surface area contributed by atoms with Gasteiger partial charge in [0, 0.05) is 4.91 Å². The first-order valence-electron chi connectivity index (χ1n) is 8.72. The molecule has 0 aliphatic heterocycles. The van der Waals surface area contributed by atoms with Crippen LogP contribution in [0.2, 0.25) is 0 Å². The zero-order chi connectivity index (χ0) is 17.9. The summed E-state index contributed by atoms with van der Waals surface area (Å²) in [5.74, 6) is 0.374. The number of carboxylic acid groups (broad SMARTS) is 1. The van der Waals surface area contributed by atoms with Gasteiger partial charge in [0.05, 0.1) is 13.2 Å². The van der Waals surface area contributed by atoms with Crippen LogP contribution in [-0.2, 0) is 4.79 Å². The zero-order valence-corrected chi connectivity index (χ0v) is 14.4. The van der Waals surface area contributed by atoms with E-state index in [2.05, 4.69) is 10.0 Å². The maximum atomic E-state index is 11.6. The van der Waals surface area contributed by atoms with Crippen molar-refractivity contribution >= 4 is 5.97 Å². The molecular formula is C18H23N3O4. The Morgan fingerprint density at radius 2 is 2.08 bits per heavy atom. The second-order valence-corrected chi connectivity index (χ2v) is 6.90. The van der Waals surface area contributed by atoms with E-state index in [0.29, 0.717) is 30.8 Å². The van der Waals surface area contributed by atoms with Crippen molar-refractivity contribution in [2.45, 2.75) is 62.5 Å². The molecule has 7 nitrogen and oxygen atoms in total. The Morgan fingerprint density at radius 1 is 1.32 bits per heavy atom. The highest BCUT2D eigenvalue weighted by molar-refractivity contribution is 5.79. The number of azide groups is 1. The molecule has 1 aromatic rings. The molecule has 0 bridgehead atoms. The Hall–Kier alpha value is -2.40. The molecule has 3 rings (SSSR count). The van der Waals surface area contributed by atoms with Gasteiger partial charge in [-0.25, -0.2) is 0 Å². The number of nitrogens with zero attached hydrogens (tertiary/aromatic N) is 3. The minimum Gasteiger partial charge on any atom is -0.493 e. The molecule has 0 spiro atoms. The molecule has 0 aromatic heterocycles. The number of hydrogen-bond acceptors (Lipinski definition) is 4. The number of benzene rings is 1. The minimum absolute atomic E-state index is 0.0263. The van der Waals surface area contributed by atoms with E-state index in [9.17, 15) is 9.90 Å². The van der Waals surface area contributed by atoms with Crippen molar-refractivity contribution in [2.24, 2.45) is 5.11 Å². The van der Waals surface area contributed by atoms with Crippen molar-refractivity contribution in [1.82, 2.24) is 0 Å². The number of rotatable bonds is 6. The van der Waals surface area contributed by atoms with Gasteiger partial charge < -0.3 is 14.6 Å². The molecule has 134 valence electrons. The molecular weight excluding hydrogens is 322 g/mol. The largest absolute Gasteiger partial charge is 0.493 e. The molecule has 2 aliphatic carbocycles. The number of hydrogen-bond donors (Lipinski definition) is 1. The molecule has 0 radical (unpaired) electrons. The van der Waals surface area contributed by atoms with E-state index >= 15 is 0 Å². The first-order valence-corrected chi connectivity index (χ1v) is 8.72. The van der Waals surface area contributed by atoms with Crippen molar-refractivity contribution in [3.05, 3.63) is 34.2 Å². The maximum absolute atomic E-state index is 11.6. The van der Waals surface area contributed by atoms with Crippen LogP contribution < -0.4 is 9.47 Å². The molecule has 1 N–H and O–H groups in total. The molecule has 2 fully saturated rings. The SMILES string of the molecule is COc1ccc(C2CCC(N=[N+]=[N-])(C(=O)O)C2)cc1OC1CCCC1. The monoisotopic (exact) mass is 345 g/mol. The number of methoxy groups -OCH3 is 1. The molecule has 1 aromatic carbocycles. The van der Waals surface area contributed by atoms with E-state index in [1.165, 1.54) is 12.8 Å². The van der Waals surface area contributed by atoms with Crippen molar-refractivity contribution in [3.63, 3.8) is 0 Å². The van der Waals surface area contributed by atoms with Crippen molar-refractivity contribution in [3.8, 4) is 11.5 Å². The van der Waals surface area contributed by atoms with Crippen molar-refractivity contribution < 1.29 is 19.4 Å². The Labute approximate surface area is 146 Å². The van der Waals surface area contributed by atoms with E-state index in [0.717, 1.165) is 18.4 Å². The summed E-state index contributed by atoms with van der Waals surface area (Å²) in [6.07, 6.45) is 6.01. The quantitative estimate of drug-likeness (QED) is 0.468. The maximum Gasteiger partial charge on any atom is 0.315 e. The molecule has 2 saturated carbocycles. The van der Waals surface area contributed by atoms with Crippen LogP contribution in [0, 0.1) is 0 Å². The van der Waals surface area contributed by atoms with Gasteiger partial charge in [0.25, 0.3) is 0 Å². The van der Waals surface area contributed by atoms with Crippen LogP contribution in [0.3, 0.4) is 0 Å². The first-order chi connectivity index (χ1) is 12.1. The standard InChI is InChI=1S/C18H23N3O4/c1-24-15-7-6-12(10-16(15)25-14-4-2-3-5-14)13-8-9-18(11-13,17(22)23)20-21-19/h6-7,10,13-14H,2-5,8-9,11H2,1H3,(H,22,23). The number of carbonyl (C=O) groups is 1. The lowest BCUT2D eigenvalue weighted by atomic mass is 9.93. The summed E-state index contributed by atoms with van der Waals surface area (Å²) in [7, 11) is 1.61. The summed E-state index contributed by atoms with van der Waals surface area (Å²) in [6.45, 7) is 0. The van der Waals surface area contributed by atoms with E-state index < -0.39 is 11.5 Å². The number of ether oxygens (including phenoxy) is 2. The summed E-state index contributed by atoms with van der Waals surface area (Å²) < 4.78 is 11.5. The van der Waals surface area contributed by atoms with E-state index in [1.54, 1.807) is 7.11 Å². The molecule has 2 aliphatic rings. The fraction of sp³-hybridized carbons (Fsp3) is 0.611. The van der Waals surface area contributed by atoms with Gasteiger partial charge in [0.1, 0.15) is 5.54 Å².